The largest absolute Gasteiger partial charge is 0.505 e. The normalized spacial score (nSPS) is 10.7. The van der Waals surface area contributed by atoms with Crippen LogP contribution in [0, 0.1) is 0 Å². The van der Waals surface area contributed by atoms with Crippen LogP contribution in [0.3, 0.4) is 0 Å². The fraction of sp³-hybridized carbons (Fsp3) is 0.250. The van der Waals surface area contributed by atoms with Crippen LogP contribution in [0.2, 0.25) is 0 Å². The van der Waals surface area contributed by atoms with Crippen molar-refractivity contribution in [3.8, 4) is 5.75 Å². The number of carbonyl (C=O) groups is 1. The summed E-state index contributed by atoms with van der Waals surface area (Å²) in [5, 5.41) is 17.6. The predicted molar refractivity (Wildman–Crippen MR) is 49.9 cm³/mol. The summed E-state index contributed by atoms with van der Waals surface area (Å²) in [4.78, 5) is 13.8. The second-order valence-electron chi connectivity index (χ2n) is 2.71. The first-order valence-electron chi connectivity index (χ1n) is 3.80. The van der Waals surface area contributed by atoms with E-state index in [1.165, 1.54) is 0 Å². The number of carboxylic acids is 1. The van der Waals surface area contributed by atoms with E-state index in [0.717, 1.165) is 6.07 Å². The van der Waals surface area contributed by atoms with Crippen molar-refractivity contribution in [3.05, 3.63) is 21.9 Å². The molecule has 0 aliphatic heterocycles. The van der Waals surface area contributed by atoms with Gasteiger partial charge < -0.3 is 10.2 Å². The van der Waals surface area contributed by atoms with Gasteiger partial charge in [-0.3, -0.25) is 4.79 Å². The molecule has 0 saturated heterocycles. The van der Waals surface area contributed by atoms with Crippen LogP contribution in [0.1, 0.15) is 17.7 Å². The van der Waals surface area contributed by atoms with Gasteiger partial charge in [-0.2, -0.15) is 0 Å². The van der Waals surface area contributed by atoms with Crippen LogP contribution in [-0.2, 0) is 11.2 Å². The summed E-state index contributed by atoms with van der Waals surface area (Å²) in [6.07, 6.45) is -3.48. The average molecular weight is 282 g/mol. The second-order valence-corrected chi connectivity index (χ2v) is 3.47. The Balaban J connectivity index is 3.21. The molecular formula is C8H6BrF2NO3. The van der Waals surface area contributed by atoms with E-state index in [-0.39, 0.29) is 15.9 Å². The zero-order valence-electron chi connectivity index (χ0n) is 7.25. The van der Waals surface area contributed by atoms with Crippen molar-refractivity contribution in [1.82, 2.24) is 4.98 Å². The standard InChI is InChI=1S/C8H6BrF2NO3/c9-7-4(13)1-3(2-5(14)15)6(12-7)8(10)11/h1,8,13H,2H2,(H,14,15). The molecule has 0 amide bonds. The lowest BCUT2D eigenvalue weighted by Crippen LogP contribution is -2.06. The minimum Gasteiger partial charge on any atom is -0.505 e. The van der Waals surface area contributed by atoms with Gasteiger partial charge in [-0.05, 0) is 27.6 Å². The Labute approximate surface area is 91.7 Å². The second kappa shape index (κ2) is 4.52. The molecule has 0 aliphatic carbocycles. The molecule has 0 fully saturated rings. The van der Waals surface area contributed by atoms with Crippen LogP contribution in [0.15, 0.2) is 10.7 Å². The topological polar surface area (TPSA) is 70.4 Å². The van der Waals surface area contributed by atoms with Crippen molar-refractivity contribution in [3.63, 3.8) is 0 Å². The van der Waals surface area contributed by atoms with E-state index in [0.29, 0.717) is 0 Å². The third-order valence-electron chi connectivity index (χ3n) is 1.62. The molecule has 0 radical (unpaired) electrons. The van der Waals surface area contributed by atoms with Gasteiger partial charge in [0.05, 0.1) is 6.42 Å². The molecule has 0 aliphatic rings. The van der Waals surface area contributed by atoms with E-state index < -0.39 is 24.5 Å². The number of aromatic hydroxyl groups is 1. The Morgan fingerprint density at radius 2 is 2.20 bits per heavy atom. The predicted octanol–water partition coefficient (Wildman–Crippen LogP) is 2.11. The average Bonchev–Trinajstić information content (AvgIpc) is 2.09. The van der Waals surface area contributed by atoms with E-state index in [1.54, 1.807) is 0 Å². The molecule has 0 aromatic carbocycles. The molecule has 1 aromatic rings. The van der Waals surface area contributed by atoms with Gasteiger partial charge in [0.2, 0.25) is 0 Å². The van der Waals surface area contributed by atoms with Gasteiger partial charge in [-0.1, -0.05) is 0 Å². The molecule has 1 heterocycles. The van der Waals surface area contributed by atoms with Crippen molar-refractivity contribution in [2.75, 3.05) is 0 Å². The maximum atomic E-state index is 12.4. The van der Waals surface area contributed by atoms with Crippen LogP contribution >= 0.6 is 15.9 Å². The Morgan fingerprint density at radius 1 is 1.60 bits per heavy atom. The fourth-order valence-electron chi connectivity index (χ4n) is 1.03. The molecular weight excluding hydrogens is 276 g/mol. The lowest BCUT2D eigenvalue weighted by atomic mass is 10.1. The number of alkyl halides is 2. The highest BCUT2D eigenvalue weighted by Crippen LogP contribution is 2.29. The fourth-order valence-corrected chi connectivity index (χ4v) is 1.33. The Kier molecular flexibility index (Phi) is 3.57. The summed E-state index contributed by atoms with van der Waals surface area (Å²) in [6, 6.07) is 0.965. The van der Waals surface area contributed by atoms with Crippen LogP contribution < -0.4 is 0 Å². The van der Waals surface area contributed by atoms with Crippen molar-refractivity contribution in [2.24, 2.45) is 0 Å². The number of rotatable bonds is 3. The number of pyridine rings is 1. The highest BCUT2D eigenvalue weighted by atomic mass is 79.9. The molecule has 4 nitrogen and oxygen atoms in total. The molecule has 0 unspecified atom stereocenters. The number of carboxylic acid groups (broad SMARTS) is 1. The molecule has 15 heavy (non-hydrogen) atoms. The number of aromatic nitrogens is 1. The van der Waals surface area contributed by atoms with E-state index >= 15 is 0 Å². The molecule has 0 atom stereocenters. The zero-order chi connectivity index (χ0) is 11.6. The van der Waals surface area contributed by atoms with Crippen LogP contribution in [0.5, 0.6) is 5.75 Å². The molecule has 7 heteroatoms. The first-order chi connectivity index (χ1) is 6.91. The van der Waals surface area contributed by atoms with Crippen LogP contribution in [0.4, 0.5) is 8.78 Å². The summed E-state index contributed by atoms with van der Waals surface area (Å²) in [6.45, 7) is 0. The molecule has 0 bridgehead atoms. The monoisotopic (exact) mass is 281 g/mol. The van der Waals surface area contributed by atoms with Crippen LogP contribution in [0.25, 0.3) is 0 Å². The van der Waals surface area contributed by atoms with Crippen molar-refractivity contribution in [2.45, 2.75) is 12.8 Å². The molecule has 2 N–H and O–H groups in total. The highest BCUT2D eigenvalue weighted by molar-refractivity contribution is 9.10. The zero-order valence-corrected chi connectivity index (χ0v) is 8.83. The minimum absolute atomic E-state index is 0.132. The van der Waals surface area contributed by atoms with Gasteiger partial charge in [0.25, 0.3) is 6.43 Å². The highest BCUT2D eigenvalue weighted by Gasteiger charge is 2.19. The maximum Gasteiger partial charge on any atom is 0.307 e. The third kappa shape index (κ3) is 2.85. The molecule has 1 rings (SSSR count). The summed E-state index contributed by atoms with van der Waals surface area (Å²) < 4.78 is 24.7. The number of hydrogen-bond donors (Lipinski definition) is 2. The van der Waals surface area contributed by atoms with E-state index in [1.807, 2.05) is 0 Å². The van der Waals surface area contributed by atoms with Crippen LogP contribution in [-0.4, -0.2) is 21.2 Å². The van der Waals surface area contributed by atoms with E-state index in [2.05, 4.69) is 20.9 Å². The number of halogens is 3. The Bertz CT molecular complexity index is 398. The summed E-state index contributed by atoms with van der Waals surface area (Å²) in [5.74, 6) is -1.63. The summed E-state index contributed by atoms with van der Waals surface area (Å²) in [7, 11) is 0. The summed E-state index contributed by atoms with van der Waals surface area (Å²) in [5.41, 5.74) is -0.833. The first-order valence-corrected chi connectivity index (χ1v) is 4.59. The number of hydrogen-bond acceptors (Lipinski definition) is 3. The SMILES string of the molecule is O=C(O)Cc1cc(O)c(Br)nc1C(F)F. The van der Waals surface area contributed by atoms with E-state index in [9.17, 15) is 18.7 Å². The number of aliphatic carboxylic acids is 1. The molecule has 0 spiro atoms. The van der Waals surface area contributed by atoms with Gasteiger partial charge in [-0.15, -0.1) is 0 Å². The molecule has 1 aromatic heterocycles. The van der Waals surface area contributed by atoms with E-state index in [4.69, 9.17) is 5.11 Å². The quantitative estimate of drug-likeness (QED) is 0.833. The summed E-state index contributed by atoms with van der Waals surface area (Å²) >= 11 is 2.77. The molecule has 0 saturated carbocycles. The Hall–Kier alpha value is -1.24. The van der Waals surface area contributed by atoms with Crippen molar-refractivity contribution >= 4 is 21.9 Å². The van der Waals surface area contributed by atoms with Crippen molar-refractivity contribution < 1.29 is 23.8 Å². The Morgan fingerprint density at radius 3 is 2.67 bits per heavy atom. The van der Waals surface area contributed by atoms with Gasteiger partial charge >= 0.3 is 5.97 Å². The lowest BCUT2D eigenvalue weighted by Gasteiger charge is -2.07. The van der Waals surface area contributed by atoms with Gasteiger partial charge in [0, 0.05) is 0 Å². The first kappa shape index (κ1) is 11.8. The molecule has 82 valence electrons. The number of nitrogens with zero attached hydrogens (tertiary/aromatic N) is 1. The maximum absolute atomic E-state index is 12.4. The van der Waals surface area contributed by atoms with Gasteiger partial charge in [0.1, 0.15) is 16.0 Å². The third-order valence-corrected chi connectivity index (χ3v) is 2.20. The van der Waals surface area contributed by atoms with Gasteiger partial charge in [-0.25, -0.2) is 13.8 Å². The lowest BCUT2D eigenvalue weighted by molar-refractivity contribution is -0.136. The smallest absolute Gasteiger partial charge is 0.307 e. The van der Waals surface area contributed by atoms with Gasteiger partial charge in [0.15, 0.2) is 0 Å². The van der Waals surface area contributed by atoms with Crippen molar-refractivity contribution in [1.29, 1.82) is 0 Å². The minimum atomic E-state index is -2.88.